The fourth-order valence-corrected chi connectivity index (χ4v) is 2.90. The molecular formula is C26H25F5O3. The Morgan fingerprint density at radius 2 is 1.41 bits per heavy atom. The summed E-state index contributed by atoms with van der Waals surface area (Å²) < 4.78 is 70.5. The maximum Gasteiger partial charge on any atom is 0.416 e. The molecular weight excluding hydrogens is 455 g/mol. The number of carboxylic acid groups (broad SMARTS) is 1. The highest BCUT2D eigenvalue weighted by Crippen LogP contribution is 2.32. The summed E-state index contributed by atoms with van der Waals surface area (Å²) in [4.78, 5) is 11.1. The van der Waals surface area contributed by atoms with Crippen molar-refractivity contribution in [3.05, 3.63) is 89.0 Å². The normalized spacial score (nSPS) is 11.1. The summed E-state index contributed by atoms with van der Waals surface area (Å²) in [6, 6.07) is 11.8. The lowest BCUT2D eigenvalue weighted by Gasteiger charge is -2.12. The predicted octanol–water partition coefficient (Wildman–Crippen LogP) is 7.52. The molecule has 0 amide bonds. The molecule has 34 heavy (non-hydrogen) atoms. The van der Waals surface area contributed by atoms with Crippen molar-refractivity contribution in [2.75, 3.05) is 0 Å². The lowest BCUT2D eigenvalue weighted by Crippen LogP contribution is -2.04. The number of alkyl halides is 3. The van der Waals surface area contributed by atoms with Gasteiger partial charge in [-0.1, -0.05) is 39.0 Å². The summed E-state index contributed by atoms with van der Waals surface area (Å²) in [5.41, 5.74) is 0.657. The highest BCUT2D eigenvalue weighted by Gasteiger charge is 2.30. The maximum atomic E-state index is 13.3. The topological polar surface area (TPSA) is 46.5 Å². The summed E-state index contributed by atoms with van der Waals surface area (Å²) in [5, 5.41) is 9.07. The number of carbonyl (C=O) groups is 1. The zero-order chi connectivity index (χ0) is 25.5. The number of ether oxygens (including phenoxy) is 1. The Morgan fingerprint density at radius 1 is 0.853 bits per heavy atom. The Bertz CT molecular complexity index is 1080. The number of halogens is 5. The van der Waals surface area contributed by atoms with Crippen LogP contribution in [0.2, 0.25) is 0 Å². The average Bonchev–Trinajstić information content (AvgIpc) is 2.70. The van der Waals surface area contributed by atoms with Crippen LogP contribution in [0.3, 0.4) is 0 Å². The molecule has 3 nitrogen and oxygen atoms in total. The molecule has 0 fully saturated rings. The van der Waals surface area contributed by atoms with E-state index in [9.17, 15) is 26.7 Å². The molecule has 0 saturated heterocycles. The first kappa shape index (κ1) is 26.8. The molecule has 8 heteroatoms. The van der Waals surface area contributed by atoms with E-state index in [2.05, 4.69) is 20.8 Å². The van der Waals surface area contributed by atoms with E-state index in [0.29, 0.717) is 16.7 Å². The van der Waals surface area contributed by atoms with E-state index in [1.807, 2.05) is 0 Å². The van der Waals surface area contributed by atoms with Gasteiger partial charge in [-0.15, -0.1) is 0 Å². The molecule has 0 aromatic heterocycles. The number of hydrogen-bond acceptors (Lipinski definition) is 2. The van der Waals surface area contributed by atoms with Gasteiger partial charge in [0.05, 0.1) is 12.0 Å². The number of rotatable bonds is 6. The van der Waals surface area contributed by atoms with Crippen LogP contribution in [0.5, 0.6) is 5.75 Å². The zero-order valence-corrected chi connectivity index (χ0v) is 18.9. The quantitative estimate of drug-likeness (QED) is 0.371. The van der Waals surface area contributed by atoms with Crippen molar-refractivity contribution < 1.29 is 36.6 Å². The van der Waals surface area contributed by atoms with Crippen LogP contribution < -0.4 is 4.74 Å². The van der Waals surface area contributed by atoms with Gasteiger partial charge in [-0.05, 0) is 64.6 Å². The lowest BCUT2D eigenvalue weighted by molar-refractivity contribution is -0.138. The molecule has 0 atom stereocenters. The second-order valence-corrected chi connectivity index (χ2v) is 8.31. The molecule has 0 saturated carbocycles. The van der Waals surface area contributed by atoms with Gasteiger partial charge in [0.25, 0.3) is 0 Å². The number of benzene rings is 3. The van der Waals surface area contributed by atoms with Gasteiger partial charge in [-0.25, -0.2) is 8.78 Å². The molecule has 3 aromatic rings. The highest BCUT2D eigenvalue weighted by molar-refractivity contribution is 5.73. The van der Waals surface area contributed by atoms with Crippen molar-refractivity contribution in [1.82, 2.24) is 0 Å². The van der Waals surface area contributed by atoms with E-state index >= 15 is 0 Å². The van der Waals surface area contributed by atoms with Crippen molar-refractivity contribution in [1.29, 1.82) is 0 Å². The number of aliphatic carboxylic acids is 1. The van der Waals surface area contributed by atoms with E-state index in [-0.39, 0.29) is 24.3 Å². The summed E-state index contributed by atoms with van der Waals surface area (Å²) in [6.07, 6.45) is -4.81. The van der Waals surface area contributed by atoms with Crippen molar-refractivity contribution in [3.8, 4) is 16.9 Å². The maximum absolute atomic E-state index is 13.3. The molecule has 0 aliphatic carbocycles. The Balaban J connectivity index is 0.000000945. The monoisotopic (exact) mass is 480 g/mol. The second kappa shape index (κ2) is 11.6. The summed E-state index contributed by atoms with van der Waals surface area (Å²) in [7, 11) is 0. The summed E-state index contributed by atoms with van der Waals surface area (Å²) in [5.74, 6) is -1.58. The van der Waals surface area contributed by atoms with Crippen LogP contribution in [0.25, 0.3) is 11.1 Å². The molecule has 1 N–H and O–H groups in total. The molecule has 0 radical (unpaired) electrons. The Hall–Kier alpha value is -3.42. The van der Waals surface area contributed by atoms with Crippen LogP contribution in [0.4, 0.5) is 22.0 Å². The minimum atomic E-state index is -4.47. The Labute approximate surface area is 194 Å². The zero-order valence-electron chi connectivity index (χ0n) is 18.9. The summed E-state index contributed by atoms with van der Waals surface area (Å²) in [6.45, 7) is 6.32. The average molecular weight is 480 g/mol. The molecule has 3 rings (SSSR count). The van der Waals surface area contributed by atoms with E-state index in [4.69, 9.17) is 9.84 Å². The predicted molar refractivity (Wildman–Crippen MR) is 119 cm³/mol. The summed E-state index contributed by atoms with van der Waals surface area (Å²) >= 11 is 0. The Kier molecular flexibility index (Phi) is 9.18. The third-order valence-electron chi connectivity index (χ3n) is 4.20. The molecule has 0 aliphatic heterocycles. The van der Waals surface area contributed by atoms with Crippen LogP contribution in [0.15, 0.2) is 60.7 Å². The van der Waals surface area contributed by atoms with Gasteiger partial charge >= 0.3 is 12.1 Å². The third-order valence-corrected chi connectivity index (χ3v) is 4.20. The van der Waals surface area contributed by atoms with Crippen molar-refractivity contribution in [3.63, 3.8) is 0 Å². The molecule has 0 spiro atoms. The minimum absolute atomic E-state index is 0.183. The van der Waals surface area contributed by atoms with Gasteiger partial charge in [0.15, 0.2) is 0 Å². The fourth-order valence-electron chi connectivity index (χ4n) is 2.90. The van der Waals surface area contributed by atoms with Gasteiger partial charge in [0.2, 0.25) is 0 Å². The van der Waals surface area contributed by atoms with E-state index in [1.165, 1.54) is 30.3 Å². The first-order valence-electron chi connectivity index (χ1n) is 10.4. The molecule has 0 bridgehead atoms. The number of carboxylic acids is 1. The first-order chi connectivity index (χ1) is 15.8. The van der Waals surface area contributed by atoms with Crippen LogP contribution >= 0.6 is 0 Å². The van der Waals surface area contributed by atoms with E-state index < -0.39 is 29.3 Å². The van der Waals surface area contributed by atoms with E-state index in [0.717, 1.165) is 36.2 Å². The molecule has 182 valence electrons. The molecule has 0 aliphatic rings. The third kappa shape index (κ3) is 8.84. The minimum Gasteiger partial charge on any atom is -0.489 e. The lowest BCUT2D eigenvalue weighted by atomic mass is 10.00. The van der Waals surface area contributed by atoms with Gasteiger partial charge in [-0.3, -0.25) is 4.79 Å². The second-order valence-electron chi connectivity index (χ2n) is 8.31. The van der Waals surface area contributed by atoms with Crippen LogP contribution in [0, 0.1) is 17.6 Å². The van der Waals surface area contributed by atoms with Crippen molar-refractivity contribution in [2.24, 2.45) is 5.92 Å². The Morgan fingerprint density at radius 3 is 1.91 bits per heavy atom. The van der Waals surface area contributed by atoms with Crippen LogP contribution in [0.1, 0.15) is 37.5 Å². The molecule has 0 unspecified atom stereocenters. The SMILES string of the molecule is CC(C)C.O=C(O)Cc1cc(OCc2cc(F)cc(F)c2)cc(-c2ccc(C(F)(F)F)cc2)c1. The molecule has 3 aromatic carbocycles. The van der Waals surface area contributed by atoms with Gasteiger partial charge < -0.3 is 9.84 Å². The van der Waals surface area contributed by atoms with Gasteiger partial charge in [0.1, 0.15) is 24.0 Å². The van der Waals surface area contributed by atoms with Crippen LogP contribution in [-0.2, 0) is 24.0 Å². The van der Waals surface area contributed by atoms with Gasteiger partial charge in [-0.2, -0.15) is 13.2 Å². The molecule has 0 heterocycles. The van der Waals surface area contributed by atoms with Crippen molar-refractivity contribution in [2.45, 2.75) is 40.0 Å². The standard InChI is InChI=1S/C22H15F5O3.C4H10/c23-18-6-14(7-19(24)11-18)12-30-20-8-13(9-21(28)29)5-16(10-20)15-1-3-17(4-2-15)22(25,26)27;1-4(2)3/h1-8,10-11H,9,12H2,(H,28,29);4H,1-3H3. The van der Waals surface area contributed by atoms with Crippen LogP contribution in [-0.4, -0.2) is 11.1 Å². The fraction of sp³-hybridized carbons (Fsp3) is 0.269. The first-order valence-corrected chi connectivity index (χ1v) is 10.4. The highest BCUT2D eigenvalue weighted by atomic mass is 19.4. The van der Waals surface area contributed by atoms with Crippen molar-refractivity contribution >= 4 is 5.97 Å². The smallest absolute Gasteiger partial charge is 0.416 e. The van der Waals surface area contributed by atoms with E-state index in [1.54, 1.807) is 0 Å². The number of hydrogen-bond donors (Lipinski definition) is 1. The largest absolute Gasteiger partial charge is 0.489 e. The van der Waals surface area contributed by atoms with Gasteiger partial charge in [0, 0.05) is 6.07 Å².